The van der Waals surface area contributed by atoms with Crippen LogP contribution in [-0.2, 0) is 0 Å². The number of ether oxygens (including phenoxy) is 1. The quantitative estimate of drug-likeness (QED) is 0.506. The Morgan fingerprint density at radius 2 is 2.04 bits per heavy atom. The summed E-state index contributed by atoms with van der Waals surface area (Å²) >= 11 is 6.10. The van der Waals surface area contributed by atoms with Crippen LogP contribution in [0.2, 0.25) is 5.15 Å². The van der Waals surface area contributed by atoms with E-state index in [4.69, 9.17) is 16.3 Å². The fourth-order valence-electron chi connectivity index (χ4n) is 2.69. The van der Waals surface area contributed by atoms with Crippen molar-refractivity contribution in [1.82, 2.24) is 14.4 Å². The van der Waals surface area contributed by atoms with Crippen LogP contribution in [-0.4, -0.2) is 14.4 Å². The maximum Gasteiger partial charge on any atom is 0.206 e. The standard InChI is InChI=1S/C18H11ClN4O/c1-11-9-16(24-15-7-4-8-21-17(15)19)23-14-6-3-2-5-13(14)22-18(23)12(11)10-20/h2-9H,1H3. The van der Waals surface area contributed by atoms with E-state index in [0.717, 1.165) is 16.6 Å². The summed E-state index contributed by atoms with van der Waals surface area (Å²) in [5, 5.41) is 9.77. The first kappa shape index (κ1) is 14.5. The van der Waals surface area contributed by atoms with Crippen molar-refractivity contribution in [2.45, 2.75) is 6.92 Å². The molecule has 5 nitrogen and oxygen atoms in total. The lowest BCUT2D eigenvalue weighted by Crippen LogP contribution is -1.99. The van der Waals surface area contributed by atoms with Crippen LogP contribution in [0.25, 0.3) is 16.7 Å². The number of nitriles is 1. The number of benzene rings is 1. The van der Waals surface area contributed by atoms with Gasteiger partial charge in [-0.1, -0.05) is 23.7 Å². The van der Waals surface area contributed by atoms with E-state index in [1.807, 2.05) is 41.7 Å². The van der Waals surface area contributed by atoms with E-state index < -0.39 is 0 Å². The molecule has 4 aromatic rings. The first-order valence-corrected chi connectivity index (χ1v) is 7.66. The topological polar surface area (TPSA) is 63.2 Å². The minimum atomic E-state index is 0.275. The molecule has 0 fully saturated rings. The first-order valence-electron chi connectivity index (χ1n) is 7.28. The molecule has 116 valence electrons. The van der Waals surface area contributed by atoms with Crippen molar-refractivity contribution in [3.8, 4) is 17.7 Å². The molecule has 0 saturated heterocycles. The van der Waals surface area contributed by atoms with Gasteiger partial charge in [0, 0.05) is 12.3 Å². The van der Waals surface area contributed by atoms with E-state index in [9.17, 15) is 5.26 Å². The molecule has 0 N–H and O–H groups in total. The molecule has 4 rings (SSSR count). The van der Waals surface area contributed by atoms with E-state index in [0.29, 0.717) is 22.8 Å². The number of para-hydroxylation sites is 2. The smallest absolute Gasteiger partial charge is 0.206 e. The number of halogens is 1. The van der Waals surface area contributed by atoms with Gasteiger partial charge in [0.15, 0.2) is 16.5 Å². The Morgan fingerprint density at radius 1 is 1.21 bits per heavy atom. The van der Waals surface area contributed by atoms with Crippen LogP contribution in [0, 0.1) is 18.3 Å². The summed E-state index contributed by atoms with van der Waals surface area (Å²) in [6.07, 6.45) is 1.60. The number of fused-ring (bicyclic) bond motifs is 3. The van der Waals surface area contributed by atoms with Crippen LogP contribution in [0.4, 0.5) is 0 Å². The molecule has 0 aliphatic heterocycles. The molecule has 0 aliphatic carbocycles. The van der Waals surface area contributed by atoms with Crippen molar-refractivity contribution in [3.63, 3.8) is 0 Å². The molecule has 0 bridgehead atoms. The van der Waals surface area contributed by atoms with Crippen molar-refractivity contribution >= 4 is 28.3 Å². The second-order valence-corrected chi connectivity index (χ2v) is 5.66. The second-order valence-electron chi connectivity index (χ2n) is 5.31. The Labute approximate surface area is 142 Å². The van der Waals surface area contributed by atoms with Crippen molar-refractivity contribution in [1.29, 1.82) is 5.26 Å². The number of aromatic nitrogens is 3. The summed E-state index contributed by atoms with van der Waals surface area (Å²) in [6, 6.07) is 15.2. The van der Waals surface area contributed by atoms with Gasteiger partial charge < -0.3 is 4.74 Å². The lowest BCUT2D eigenvalue weighted by Gasteiger charge is -2.11. The van der Waals surface area contributed by atoms with Gasteiger partial charge in [-0.05, 0) is 36.8 Å². The van der Waals surface area contributed by atoms with Gasteiger partial charge in [-0.25, -0.2) is 9.97 Å². The Hall–Kier alpha value is -3.10. The van der Waals surface area contributed by atoms with Gasteiger partial charge in [0.2, 0.25) is 5.88 Å². The van der Waals surface area contributed by atoms with Crippen LogP contribution < -0.4 is 4.74 Å². The molecule has 3 aromatic heterocycles. The zero-order chi connectivity index (χ0) is 16.7. The lowest BCUT2D eigenvalue weighted by atomic mass is 10.1. The summed E-state index contributed by atoms with van der Waals surface area (Å²) in [4.78, 5) is 8.61. The van der Waals surface area contributed by atoms with Crippen LogP contribution in [0.15, 0.2) is 48.7 Å². The average Bonchev–Trinajstić information content (AvgIpc) is 2.96. The maximum absolute atomic E-state index is 9.49. The average molecular weight is 335 g/mol. The molecule has 0 aliphatic rings. The van der Waals surface area contributed by atoms with Gasteiger partial charge in [-0.3, -0.25) is 4.40 Å². The van der Waals surface area contributed by atoms with Crippen molar-refractivity contribution in [2.75, 3.05) is 0 Å². The lowest BCUT2D eigenvalue weighted by molar-refractivity contribution is 0.456. The minimum absolute atomic E-state index is 0.275. The normalized spacial score (nSPS) is 10.9. The molecule has 6 heteroatoms. The molecule has 3 heterocycles. The summed E-state index contributed by atoms with van der Waals surface area (Å²) < 4.78 is 7.81. The molecular formula is C18H11ClN4O. The van der Waals surface area contributed by atoms with Gasteiger partial charge in [-0.15, -0.1) is 0 Å². The van der Waals surface area contributed by atoms with Gasteiger partial charge in [0.1, 0.15) is 6.07 Å². The van der Waals surface area contributed by atoms with E-state index >= 15 is 0 Å². The molecule has 0 radical (unpaired) electrons. The third kappa shape index (κ3) is 2.16. The molecule has 0 unspecified atom stereocenters. The van der Waals surface area contributed by atoms with E-state index in [-0.39, 0.29) is 5.15 Å². The second kappa shape index (κ2) is 5.52. The third-order valence-electron chi connectivity index (χ3n) is 3.79. The maximum atomic E-state index is 9.49. The zero-order valence-electron chi connectivity index (χ0n) is 12.7. The van der Waals surface area contributed by atoms with Gasteiger partial charge in [-0.2, -0.15) is 5.26 Å². The fraction of sp³-hybridized carbons (Fsp3) is 0.0556. The Balaban J connectivity index is 2.05. The first-order chi connectivity index (χ1) is 11.7. The number of nitrogens with zero attached hydrogens (tertiary/aromatic N) is 4. The molecule has 0 amide bonds. The largest absolute Gasteiger partial charge is 0.437 e. The predicted molar refractivity (Wildman–Crippen MR) is 91.5 cm³/mol. The Kier molecular flexibility index (Phi) is 3.33. The summed E-state index contributed by atoms with van der Waals surface area (Å²) in [5.41, 5.74) is 3.53. The number of pyridine rings is 2. The molecule has 0 atom stereocenters. The Morgan fingerprint density at radius 3 is 2.83 bits per heavy atom. The number of rotatable bonds is 2. The van der Waals surface area contributed by atoms with Crippen LogP contribution in [0.3, 0.4) is 0 Å². The van der Waals surface area contributed by atoms with Crippen LogP contribution >= 0.6 is 11.6 Å². The summed E-state index contributed by atoms with van der Waals surface area (Å²) in [7, 11) is 0. The molecule has 1 aromatic carbocycles. The van der Waals surface area contributed by atoms with E-state index in [1.54, 1.807) is 18.3 Å². The highest BCUT2D eigenvalue weighted by Gasteiger charge is 2.17. The van der Waals surface area contributed by atoms with Gasteiger partial charge in [0.05, 0.1) is 16.6 Å². The van der Waals surface area contributed by atoms with Gasteiger partial charge >= 0.3 is 0 Å². The number of hydrogen-bond acceptors (Lipinski definition) is 4. The van der Waals surface area contributed by atoms with Crippen LogP contribution in [0.5, 0.6) is 11.6 Å². The van der Waals surface area contributed by atoms with Crippen molar-refractivity contribution in [3.05, 3.63) is 64.9 Å². The predicted octanol–water partition coefficient (Wildman–Crippen LogP) is 4.51. The van der Waals surface area contributed by atoms with Gasteiger partial charge in [0.25, 0.3) is 0 Å². The third-order valence-corrected chi connectivity index (χ3v) is 4.07. The highest BCUT2D eigenvalue weighted by Crippen LogP contribution is 2.32. The number of imidazole rings is 1. The number of aryl methyl sites for hydroxylation is 1. The highest BCUT2D eigenvalue weighted by atomic mass is 35.5. The molecule has 0 spiro atoms. The zero-order valence-corrected chi connectivity index (χ0v) is 13.4. The monoisotopic (exact) mass is 334 g/mol. The molecule has 24 heavy (non-hydrogen) atoms. The van der Waals surface area contributed by atoms with Crippen molar-refractivity contribution in [2.24, 2.45) is 0 Å². The Bertz CT molecular complexity index is 1130. The summed E-state index contributed by atoms with van der Waals surface area (Å²) in [6.45, 7) is 1.86. The van der Waals surface area contributed by atoms with E-state index in [1.165, 1.54) is 0 Å². The highest BCUT2D eigenvalue weighted by molar-refractivity contribution is 6.30. The van der Waals surface area contributed by atoms with Crippen molar-refractivity contribution < 1.29 is 4.74 Å². The van der Waals surface area contributed by atoms with E-state index in [2.05, 4.69) is 16.0 Å². The minimum Gasteiger partial charge on any atom is -0.437 e. The molecular weight excluding hydrogens is 324 g/mol. The SMILES string of the molecule is Cc1cc(Oc2cccnc2Cl)n2c(nc3ccccc32)c1C#N. The fourth-order valence-corrected chi connectivity index (χ4v) is 2.85. The summed E-state index contributed by atoms with van der Waals surface area (Å²) in [5.74, 6) is 0.979. The molecule has 0 saturated carbocycles. The van der Waals surface area contributed by atoms with Crippen LogP contribution in [0.1, 0.15) is 11.1 Å². The number of hydrogen-bond donors (Lipinski definition) is 0.